The fourth-order valence-electron chi connectivity index (χ4n) is 1.20. The van der Waals surface area contributed by atoms with Crippen molar-refractivity contribution in [2.75, 3.05) is 0 Å². The van der Waals surface area contributed by atoms with Crippen LogP contribution in [-0.4, -0.2) is 15.8 Å². The van der Waals surface area contributed by atoms with Crippen molar-refractivity contribution in [3.05, 3.63) is 17.5 Å². The molecule has 0 atom stereocenters. The second-order valence-corrected chi connectivity index (χ2v) is 4.17. The van der Waals surface area contributed by atoms with E-state index in [0.717, 1.165) is 11.4 Å². The van der Waals surface area contributed by atoms with Crippen LogP contribution in [0.15, 0.2) is 6.07 Å². The molecular formula is C9H15N3O. The summed E-state index contributed by atoms with van der Waals surface area (Å²) in [5.74, 6) is 0. The van der Waals surface area contributed by atoms with Gasteiger partial charge in [-0.1, -0.05) is 20.8 Å². The number of hydrogen-bond donors (Lipinski definition) is 1. The summed E-state index contributed by atoms with van der Waals surface area (Å²) in [6.07, 6.45) is 0. The third-order valence-corrected chi connectivity index (χ3v) is 1.81. The molecule has 2 N–H and O–H groups in total. The second-order valence-electron chi connectivity index (χ2n) is 4.17. The van der Waals surface area contributed by atoms with Crippen molar-refractivity contribution >= 4 is 6.03 Å². The van der Waals surface area contributed by atoms with Crippen LogP contribution >= 0.6 is 0 Å². The van der Waals surface area contributed by atoms with Gasteiger partial charge in [0, 0.05) is 5.41 Å². The lowest BCUT2D eigenvalue weighted by Crippen LogP contribution is -2.28. The van der Waals surface area contributed by atoms with Gasteiger partial charge in [-0.15, -0.1) is 0 Å². The van der Waals surface area contributed by atoms with Crippen molar-refractivity contribution < 1.29 is 4.79 Å². The minimum absolute atomic E-state index is 0.115. The van der Waals surface area contributed by atoms with Gasteiger partial charge >= 0.3 is 6.03 Å². The van der Waals surface area contributed by atoms with Crippen LogP contribution in [0.1, 0.15) is 32.2 Å². The van der Waals surface area contributed by atoms with Crippen LogP contribution in [0.25, 0.3) is 0 Å². The zero-order valence-corrected chi connectivity index (χ0v) is 8.46. The summed E-state index contributed by atoms with van der Waals surface area (Å²) >= 11 is 0. The van der Waals surface area contributed by atoms with E-state index >= 15 is 0 Å². The van der Waals surface area contributed by atoms with Crippen LogP contribution in [0.4, 0.5) is 4.79 Å². The molecule has 0 spiro atoms. The zero-order valence-electron chi connectivity index (χ0n) is 8.46. The molecule has 0 unspecified atom stereocenters. The molecule has 0 aliphatic heterocycles. The molecule has 72 valence electrons. The number of aromatic nitrogens is 2. The van der Waals surface area contributed by atoms with Crippen LogP contribution in [0, 0.1) is 6.92 Å². The summed E-state index contributed by atoms with van der Waals surface area (Å²) in [4.78, 5) is 11.0. The summed E-state index contributed by atoms with van der Waals surface area (Å²) in [6, 6.07) is 1.35. The van der Waals surface area contributed by atoms with Crippen LogP contribution in [0.2, 0.25) is 0 Å². The maximum Gasteiger partial charge on any atom is 0.339 e. The quantitative estimate of drug-likeness (QED) is 0.658. The Labute approximate surface area is 77.7 Å². The van der Waals surface area contributed by atoms with Gasteiger partial charge in [-0.3, -0.25) is 0 Å². The molecule has 13 heavy (non-hydrogen) atoms. The number of hydrogen-bond acceptors (Lipinski definition) is 2. The molecule has 4 nitrogen and oxygen atoms in total. The van der Waals surface area contributed by atoms with E-state index in [2.05, 4.69) is 5.10 Å². The van der Waals surface area contributed by atoms with Gasteiger partial charge in [0.25, 0.3) is 0 Å². The van der Waals surface area contributed by atoms with E-state index in [4.69, 9.17) is 5.73 Å². The van der Waals surface area contributed by atoms with Gasteiger partial charge in [0.15, 0.2) is 0 Å². The molecule has 1 amide bonds. The molecular weight excluding hydrogens is 166 g/mol. The monoisotopic (exact) mass is 181 g/mol. The first-order valence-electron chi connectivity index (χ1n) is 4.19. The number of nitrogens with two attached hydrogens (primary N) is 1. The first-order chi connectivity index (χ1) is 5.82. The molecule has 4 heteroatoms. The first kappa shape index (κ1) is 9.77. The summed E-state index contributed by atoms with van der Waals surface area (Å²) < 4.78 is 1.26. The van der Waals surface area contributed by atoms with E-state index < -0.39 is 6.03 Å². The number of amides is 1. The van der Waals surface area contributed by atoms with E-state index in [9.17, 15) is 4.79 Å². The van der Waals surface area contributed by atoms with E-state index in [1.165, 1.54) is 4.68 Å². The van der Waals surface area contributed by atoms with Crippen LogP contribution in [0.5, 0.6) is 0 Å². The molecule has 1 heterocycles. The molecule has 0 aromatic carbocycles. The molecule has 0 saturated carbocycles. The van der Waals surface area contributed by atoms with Gasteiger partial charge in [0.2, 0.25) is 0 Å². The average Bonchev–Trinajstić information content (AvgIpc) is 2.29. The second kappa shape index (κ2) is 2.87. The molecule has 0 bridgehead atoms. The third kappa shape index (κ3) is 1.88. The third-order valence-electron chi connectivity index (χ3n) is 1.81. The van der Waals surface area contributed by atoms with E-state index in [1.807, 2.05) is 33.8 Å². The number of primary amides is 1. The van der Waals surface area contributed by atoms with Crippen molar-refractivity contribution in [2.24, 2.45) is 5.73 Å². The molecule has 0 radical (unpaired) electrons. The average molecular weight is 181 g/mol. The summed E-state index contributed by atoms with van der Waals surface area (Å²) in [5.41, 5.74) is 6.73. The Morgan fingerprint density at radius 1 is 1.54 bits per heavy atom. The van der Waals surface area contributed by atoms with Crippen LogP contribution in [0.3, 0.4) is 0 Å². The predicted molar refractivity (Wildman–Crippen MR) is 50.6 cm³/mol. The normalized spacial score (nSPS) is 11.7. The van der Waals surface area contributed by atoms with Gasteiger partial charge in [-0.25, -0.2) is 4.79 Å². The number of carbonyl (C=O) groups excluding carboxylic acids is 1. The molecule has 0 fully saturated rings. The van der Waals surface area contributed by atoms with Crippen molar-refractivity contribution in [1.82, 2.24) is 9.78 Å². The first-order valence-corrected chi connectivity index (χ1v) is 4.19. The number of nitrogens with zero attached hydrogens (tertiary/aromatic N) is 2. The summed E-state index contributed by atoms with van der Waals surface area (Å²) in [6.45, 7) is 7.89. The van der Waals surface area contributed by atoms with Gasteiger partial charge in [-0.05, 0) is 13.0 Å². The van der Waals surface area contributed by atoms with Crippen LogP contribution in [-0.2, 0) is 5.41 Å². The Bertz CT molecular complexity index is 333. The highest BCUT2D eigenvalue weighted by atomic mass is 16.2. The molecule has 0 aliphatic rings. The van der Waals surface area contributed by atoms with Crippen molar-refractivity contribution in [3.63, 3.8) is 0 Å². The van der Waals surface area contributed by atoms with E-state index in [1.54, 1.807) is 0 Å². The lowest BCUT2D eigenvalue weighted by atomic mass is 9.92. The molecule has 0 aliphatic carbocycles. The Morgan fingerprint density at radius 3 is 2.38 bits per heavy atom. The van der Waals surface area contributed by atoms with Crippen molar-refractivity contribution in [1.29, 1.82) is 0 Å². The standard InChI is InChI=1S/C9H15N3O/c1-6-5-7(9(2,3)4)12(11-6)8(10)13/h5H,1-4H3,(H2,10,13). The zero-order chi connectivity index (χ0) is 10.2. The highest BCUT2D eigenvalue weighted by molar-refractivity contribution is 5.74. The van der Waals surface area contributed by atoms with E-state index in [-0.39, 0.29) is 5.41 Å². The lowest BCUT2D eigenvalue weighted by molar-refractivity contribution is 0.245. The highest BCUT2D eigenvalue weighted by Crippen LogP contribution is 2.22. The van der Waals surface area contributed by atoms with Gasteiger partial charge in [0.1, 0.15) is 0 Å². The molecule has 1 aromatic heterocycles. The Hall–Kier alpha value is -1.32. The van der Waals surface area contributed by atoms with Gasteiger partial charge < -0.3 is 5.73 Å². The van der Waals surface area contributed by atoms with E-state index in [0.29, 0.717) is 0 Å². The lowest BCUT2D eigenvalue weighted by Gasteiger charge is -2.18. The fraction of sp³-hybridized carbons (Fsp3) is 0.556. The Kier molecular flexibility index (Phi) is 2.15. The molecule has 1 aromatic rings. The maximum absolute atomic E-state index is 11.0. The molecule has 1 rings (SSSR count). The van der Waals surface area contributed by atoms with Gasteiger partial charge in [-0.2, -0.15) is 9.78 Å². The minimum atomic E-state index is -0.530. The van der Waals surface area contributed by atoms with Crippen molar-refractivity contribution in [3.8, 4) is 0 Å². The van der Waals surface area contributed by atoms with Gasteiger partial charge in [0.05, 0.1) is 11.4 Å². The molecule has 0 saturated heterocycles. The van der Waals surface area contributed by atoms with Crippen LogP contribution < -0.4 is 5.73 Å². The fourth-order valence-corrected chi connectivity index (χ4v) is 1.20. The smallest absolute Gasteiger partial charge is 0.339 e. The summed E-state index contributed by atoms with van der Waals surface area (Å²) in [7, 11) is 0. The highest BCUT2D eigenvalue weighted by Gasteiger charge is 2.21. The Balaban J connectivity index is 3.28. The Morgan fingerprint density at radius 2 is 2.08 bits per heavy atom. The minimum Gasteiger partial charge on any atom is -0.350 e. The number of rotatable bonds is 0. The van der Waals surface area contributed by atoms with Crippen molar-refractivity contribution in [2.45, 2.75) is 33.1 Å². The topological polar surface area (TPSA) is 60.9 Å². The number of carbonyl (C=O) groups is 1. The predicted octanol–water partition coefficient (Wildman–Crippen LogP) is 1.42. The SMILES string of the molecule is Cc1cc(C(C)(C)C)n(C(N)=O)n1. The largest absolute Gasteiger partial charge is 0.350 e. The number of aryl methyl sites for hydroxylation is 1. The maximum atomic E-state index is 11.0. The summed E-state index contributed by atoms with van der Waals surface area (Å²) in [5, 5.41) is 4.02.